The van der Waals surface area contributed by atoms with Crippen molar-refractivity contribution in [3.8, 4) is 5.95 Å². The lowest BCUT2D eigenvalue weighted by Gasteiger charge is -2.31. The van der Waals surface area contributed by atoms with E-state index >= 15 is 0 Å². The van der Waals surface area contributed by atoms with E-state index in [0.29, 0.717) is 54.2 Å². The van der Waals surface area contributed by atoms with Gasteiger partial charge in [-0.2, -0.15) is 4.68 Å². The number of para-hydroxylation sites is 2. The second-order valence-corrected chi connectivity index (χ2v) is 9.95. The van der Waals surface area contributed by atoms with Crippen LogP contribution in [0, 0.1) is 11.6 Å². The monoisotopic (exact) mass is 543 g/mol. The standard InChI is InChI=1S/C30H27F2N5O3/c31-23-11-10-20(17-24(23)32)16-22-27(35-37(28(22)38)29-33-25-8-4-5-9-26(25)34-29)21-12-14-36(15-13-21)30(39)40-18-19-6-2-1-3-7-19/h1-11,17,21,35H,12-16,18H2,(H,33,34). The Kier molecular flexibility index (Phi) is 6.90. The van der Waals surface area contributed by atoms with Crippen molar-refractivity contribution >= 4 is 17.1 Å². The van der Waals surface area contributed by atoms with Gasteiger partial charge in [-0.3, -0.25) is 9.89 Å². The Morgan fingerprint density at radius 3 is 2.45 bits per heavy atom. The fourth-order valence-corrected chi connectivity index (χ4v) is 5.21. The number of likely N-dealkylation sites (tertiary alicyclic amines) is 1. The third kappa shape index (κ3) is 5.12. The molecule has 1 fully saturated rings. The Hall–Kier alpha value is -4.73. The number of hydrogen-bond acceptors (Lipinski definition) is 4. The number of nitrogens with one attached hydrogen (secondary N) is 2. The van der Waals surface area contributed by atoms with Gasteiger partial charge in [0.15, 0.2) is 11.6 Å². The van der Waals surface area contributed by atoms with Crippen LogP contribution in [-0.4, -0.2) is 43.8 Å². The maximum absolute atomic E-state index is 14.0. The molecule has 8 nitrogen and oxygen atoms in total. The van der Waals surface area contributed by atoms with Crippen LogP contribution in [0.5, 0.6) is 0 Å². The number of benzene rings is 3. The van der Waals surface area contributed by atoms with E-state index in [9.17, 15) is 18.4 Å². The highest BCUT2D eigenvalue weighted by Gasteiger charge is 2.30. The summed E-state index contributed by atoms with van der Waals surface area (Å²) in [5.74, 6) is -1.62. The molecule has 0 saturated carbocycles. The zero-order valence-corrected chi connectivity index (χ0v) is 21.6. The van der Waals surface area contributed by atoms with E-state index in [-0.39, 0.29) is 30.6 Å². The molecule has 0 bridgehead atoms. The molecule has 2 aromatic heterocycles. The molecule has 0 aliphatic carbocycles. The van der Waals surface area contributed by atoms with Gasteiger partial charge in [0.2, 0.25) is 5.95 Å². The first kappa shape index (κ1) is 25.5. The summed E-state index contributed by atoms with van der Waals surface area (Å²) in [4.78, 5) is 35.7. The molecule has 3 heterocycles. The summed E-state index contributed by atoms with van der Waals surface area (Å²) in [5.41, 5.74) is 3.73. The molecule has 5 aromatic rings. The summed E-state index contributed by atoms with van der Waals surface area (Å²) < 4.78 is 34.4. The molecule has 1 aliphatic heterocycles. The van der Waals surface area contributed by atoms with E-state index in [1.54, 1.807) is 4.90 Å². The van der Waals surface area contributed by atoms with Crippen LogP contribution in [0.4, 0.5) is 13.6 Å². The SMILES string of the molecule is O=C(OCc1ccccc1)N1CCC(c2[nH]n(-c3nc4ccccc4[nH]3)c(=O)c2Cc2ccc(F)c(F)c2)CC1. The minimum atomic E-state index is -0.963. The summed E-state index contributed by atoms with van der Waals surface area (Å²) in [7, 11) is 0. The minimum Gasteiger partial charge on any atom is -0.445 e. The fourth-order valence-electron chi connectivity index (χ4n) is 5.21. The Morgan fingerprint density at radius 2 is 1.70 bits per heavy atom. The third-order valence-corrected chi connectivity index (χ3v) is 7.34. The average Bonchev–Trinajstić information content (AvgIpc) is 3.55. The third-order valence-electron chi connectivity index (χ3n) is 7.34. The highest BCUT2D eigenvalue weighted by atomic mass is 19.2. The van der Waals surface area contributed by atoms with Gasteiger partial charge in [-0.1, -0.05) is 48.5 Å². The normalized spacial score (nSPS) is 14.1. The summed E-state index contributed by atoms with van der Waals surface area (Å²) in [6, 6.07) is 20.6. The number of imidazole rings is 1. The number of nitrogens with zero attached hydrogens (tertiary/aromatic N) is 3. The van der Waals surface area contributed by atoms with E-state index < -0.39 is 11.6 Å². The molecule has 204 valence electrons. The van der Waals surface area contributed by atoms with Gasteiger partial charge in [0.25, 0.3) is 5.56 Å². The summed E-state index contributed by atoms with van der Waals surface area (Å²) in [5, 5.41) is 3.24. The van der Waals surface area contributed by atoms with Crippen LogP contribution < -0.4 is 5.56 Å². The Morgan fingerprint density at radius 1 is 0.950 bits per heavy atom. The number of ether oxygens (including phenoxy) is 1. The van der Waals surface area contributed by atoms with Gasteiger partial charge in [-0.25, -0.2) is 18.6 Å². The maximum atomic E-state index is 14.0. The summed E-state index contributed by atoms with van der Waals surface area (Å²) in [6.07, 6.45) is 0.947. The van der Waals surface area contributed by atoms with E-state index in [4.69, 9.17) is 4.74 Å². The lowest BCUT2D eigenvalue weighted by Crippen LogP contribution is -2.38. The van der Waals surface area contributed by atoms with Crippen molar-refractivity contribution in [3.05, 3.63) is 117 Å². The number of H-pyrrole nitrogens is 2. The van der Waals surface area contributed by atoms with Crippen molar-refractivity contribution in [2.24, 2.45) is 0 Å². The second kappa shape index (κ2) is 10.8. The number of amides is 1. The molecule has 6 rings (SSSR count). The molecule has 1 aliphatic rings. The number of piperidine rings is 1. The second-order valence-electron chi connectivity index (χ2n) is 9.95. The predicted molar refractivity (Wildman–Crippen MR) is 145 cm³/mol. The van der Waals surface area contributed by atoms with Gasteiger partial charge in [-0.15, -0.1) is 0 Å². The van der Waals surface area contributed by atoms with Gasteiger partial charge in [-0.05, 0) is 48.2 Å². The lowest BCUT2D eigenvalue weighted by molar-refractivity contribution is 0.0868. The van der Waals surface area contributed by atoms with Crippen LogP contribution >= 0.6 is 0 Å². The molecule has 1 amide bonds. The first-order valence-electron chi connectivity index (χ1n) is 13.1. The minimum absolute atomic E-state index is 0.0585. The zero-order valence-electron chi connectivity index (χ0n) is 21.6. The van der Waals surface area contributed by atoms with Gasteiger partial charge >= 0.3 is 6.09 Å². The first-order chi connectivity index (χ1) is 19.5. The van der Waals surface area contributed by atoms with Gasteiger partial charge in [0.1, 0.15) is 6.61 Å². The van der Waals surface area contributed by atoms with Crippen LogP contribution in [0.2, 0.25) is 0 Å². The van der Waals surface area contributed by atoms with Gasteiger partial charge < -0.3 is 14.6 Å². The van der Waals surface area contributed by atoms with Crippen molar-refractivity contribution in [1.29, 1.82) is 0 Å². The molecule has 40 heavy (non-hydrogen) atoms. The number of hydrogen-bond donors (Lipinski definition) is 2. The molecule has 0 unspecified atom stereocenters. The van der Waals surface area contributed by atoms with Crippen LogP contribution in [0.3, 0.4) is 0 Å². The van der Waals surface area contributed by atoms with Crippen LogP contribution in [0.1, 0.15) is 41.1 Å². The zero-order chi connectivity index (χ0) is 27.6. The van der Waals surface area contributed by atoms with E-state index in [0.717, 1.165) is 23.2 Å². The molecule has 10 heteroatoms. The highest BCUT2D eigenvalue weighted by Crippen LogP contribution is 2.30. The predicted octanol–water partition coefficient (Wildman–Crippen LogP) is 5.43. The van der Waals surface area contributed by atoms with Crippen LogP contribution in [-0.2, 0) is 17.8 Å². The Labute approximate surface area is 228 Å². The van der Waals surface area contributed by atoms with E-state index in [1.165, 1.54) is 10.7 Å². The molecule has 0 spiro atoms. The number of fused-ring (bicyclic) bond motifs is 1. The lowest BCUT2D eigenvalue weighted by atomic mass is 9.90. The first-order valence-corrected chi connectivity index (χ1v) is 13.1. The molecule has 2 N–H and O–H groups in total. The topological polar surface area (TPSA) is 96.0 Å². The fraction of sp³-hybridized carbons (Fsp3) is 0.233. The highest BCUT2D eigenvalue weighted by molar-refractivity contribution is 5.75. The summed E-state index contributed by atoms with van der Waals surface area (Å²) >= 11 is 0. The quantitative estimate of drug-likeness (QED) is 0.299. The number of halogens is 2. The smallest absolute Gasteiger partial charge is 0.410 e. The average molecular weight is 544 g/mol. The number of rotatable bonds is 6. The largest absolute Gasteiger partial charge is 0.445 e. The molecule has 0 atom stereocenters. The van der Waals surface area contributed by atoms with Crippen molar-refractivity contribution in [3.63, 3.8) is 0 Å². The maximum Gasteiger partial charge on any atom is 0.410 e. The van der Waals surface area contributed by atoms with Crippen molar-refractivity contribution in [2.45, 2.75) is 31.8 Å². The van der Waals surface area contributed by atoms with Crippen molar-refractivity contribution < 1.29 is 18.3 Å². The van der Waals surface area contributed by atoms with Gasteiger partial charge in [0.05, 0.1) is 11.0 Å². The molecular weight excluding hydrogens is 516 g/mol. The molecule has 0 radical (unpaired) electrons. The van der Waals surface area contributed by atoms with E-state index in [2.05, 4.69) is 15.1 Å². The molecule has 3 aromatic carbocycles. The van der Waals surface area contributed by atoms with Gasteiger partial charge in [0, 0.05) is 36.7 Å². The number of carbonyl (C=O) groups excluding carboxylic acids is 1. The Balaban J connectivity index is 1.25. The van der Waals surface area contributed by atoms with Crippen LogP contribution in [0.15, 0.2) is 77.6 Å². The van der Waals surface area contributed by atoms with Crippen molar-refractivity contribution in [2.75, 3.05) is 13.1 Å². The number of aromatic nitrogens is 4. The van der Waals surface area contributed by atoms with Crippen molar-refractivity contribution in [1.82, 2.24) is 24.6 Å². The molecular formula is C30H27F2N5O3. The number of carbonyl (C=O) groups is 1. The van der Waals surface area contributed by atoms with E-state index in [1.807, 2.05) is 54.6 Å². The summed E-state index contributed by atoms with van der Waals surface area (Å²) in [6.45, 7) is 1.12. The molecule has 1 saturated heterocycles. The van der Waals surface area contributed by atoms with Crippen LogP contribution in [0.25, 0.3) is 17.0 Å². The Bertz CT molecular complexity index is 1690. The number of aromatic amines is 2.